The summed E-state index contributed by atoms with van der Waals surface area (Å²) in [6.45, 7) is 5.73. The standard InChI is InChI=1S/C15H21NO2/c1-3-4-12-7-8-16(10-12)15(18)13-6-5-11(2)9-14(13)17/h5-6,9,12,17H,3-4,7-8,10H2,1-2H3. The largest absolute Gasteiger partial charge is 0.507 e. The van der Waals surface area contributed by atoms with Crippen LogP contribution in [0, 0.1) is 12.8 Å². The Morgan fingerprint density at radius 1 is 1.50 bits per heavy atom. The number of carbonyl (C=O) groups excluding carboxylic acids is 1. The number of phenols is 1. The maximum absolute atomic E-state index is 12.3. The van der Waals surface area contributed by atoms with E-state index in [-0.39, 0.29) is 11.7 Å². The molecule has 1 aromatic carbocycles. The third kappa shape index (κ3) is 2.66. The number of amides is 1. The lowest BCUT2D eigenvalue weighted by atomic mass is 10.0. The summed E-state index contributed by atoms with van der Waals surface area (Å²) < 4.78 is 0. The van der Waals surface area contributed by atoms with Crippen molar-refractivity contribution in [1.29, 1.82) is 0 Å². The van der Waals surface area contributed by atoms with Gasteiger partial charge in [0.1, 0.15) is 5.75 Å². The molecule has 1 aromatic rings. The highest BCUT2D eigenvalue weighted by atomic mass is 16.3. The third-order valence-corrected chi connectivity index (χ3v) is 3.65. The maximum atomic E-state index is 12.3. The van der Waals surface area contributed by atoms with Gasteiger partial charge < -0.3 is 10.0 Å². The third-order valence-electron chi connectivity index (χ3n) is 3.65. The summed E-state index contributed by atoms with van der Waals surface area (Å²) in [6, 6.07) is 5.24. The number of likely N-dealkylation sites (tertiary alicyclic amines) is 1. The molecule has 1 saturated heterocycles. The van der Waals surface area contributed by atoms with Crippen molar-refractivity contribution in [2.75, 3.05) is 13.1 Å². The molecule has 1 fully saturated rings. The van der Waals surface area contributed by atoms with Crippen LogP contribution in [0.25, 0.3) is 0 Å². The summed E-state index contributed by atoms with van der Waals surface area (Å²) in [5.41, 5.74) is 1.40. The first-order valence-corrected chi connectivity index (χ1v) is 6.70. The number of hydrogen-bond acceptors (Lipinski definition) is 2. The van der Waals surface area contributed by atoms with E-state index in [4.69, 9.17) is 0 Å². The molecule has 2 rings (SSSR count). The van der Waals surface area contributed by atoms with Crippen molar-refractivity contribution in [2.24, 2.45) is 5.92 Å². The Kier molecular flexibility index (Phi) is 3.90. The average Bonchev–Trinajstić information content (AvgIpc) is 2.77. The fraction of sp³-hybridized carbons (Fsp3) is 0.533. The molecule has 3 nitrogen and oxygen atoms in total. The quantitative estimate of drug-likeness (QED) is 0.892. The molecule has 1 amide bonds. The molecule has 0 bridgehead atoms. The van der Waals surface area contributed by atoms with Gasteiger partial charge >= 0.3 is 0 Å². The van der Waals surface area contributed by atoms with Crippen molar-refractivity contribution in [3.63, 3.8) is 0 Å². The first-order valence-electron chi connectivity index (χ1n) is 6.70. The smallest absolute Gasteiger partial charge is 0.257 e. The minimum Gasteiger partial charge on any atom is -0.507 e. The molecule has 0 aliphatic carbocycles. The molecule has 3 heteroatoms. The second-order valence-corrected chi connectivity index (χ2v) is 5.22. The number of aromatic hydroxyl groups is 1. The van der Waals surface area contributed by atoms with Gasteiger partial charge in [-0.05, 0) is 43.4 Å². The molecule has 0 spiro atoms. The van der Waals surface area contributed by atoms with E-state index < -0.39 is 0 Å². The van der Waals surface area contributed by atoms with Gasteiger partial charge in [-0.15, -0.1) is 0 Å². The molecule has 98 valence electrons. The van der Waals surface area contributed by atoms with Crippen LogP contribution in [0.1, 0.15) is 42.1 Å². The molecule has 0 saturated carbocycles. The van der Waals surface area contributed by atoms with Gasteiger partial charge in [-0.2, -0.15) is 0 Å². The lowest BCUT2D eigenvalue weighted by molar-refractivity contribution is 0.0783. The zero-order valence-corrected chi connectivity index (χ0v) is 11.1. The number of phenolic OH excluding ortho intramolecular Hbond substituents is 1. The highest BCUT2D eigenvalue weighted by Crippen LogP contribution is 2.26. The Bertz CT molecular complexity index is 442. The summed E-state index contributed by atoms with van der Waals surface area (Å²) >= 11 is 0. The van der Waals surface area contributed by atoms with E-state index in [0.717, 1.165) is 25.1 Å². The van der Waals surface area contributed by atoms with Gasteiger partial charge in [0.25, 0.3) is 5.91 Å². The molecule has 1 unspecified atom stereocenters. The Morgan fingerprint density at radius 2 is 2.28 bits per heavy atom. The molecule has 1 heterocycles. The Labute approximate surface area is 108 Å². The van der Waals surface area contributed by atoms with Crippen LogP contribution in [0.4, 0.5) is 0 Å². The Morgan fingerprint density at radius 3 is 2.94 bits per heavy atom. The van der Waals surface area contributed by atoms with E-state index in [1.54, 1.807) is 12.1 Å². The van der Waals surface area contributed by atoms with Crippen molar-refractivity contribution in [1.82, 2.24) is 4.90 Å². The van der Waals surface area contributed by atoms with E-state index in [0.29, 0.717) is 11.5 Å². The first kappa shape index (κ1) is 12.9. The molecule has 18 heavy (non-hydrogen) atoms. The van der Waals surface area contributed by atoms with Crippen LogP contribution in [0.15, 0.2) is 18.2 Å². The van der Waals surface area contributed by atoms with Gasteiger partial charge in [-0.25, -0.2) is 0 Å². The first-order chi connectivity index (χ1) is 8.61. The second kappa shape index (κ2) is 5.42. The molecular weight excluding hydrogens is 226 g/mol. The van der Waals surface area contributed by atoms with Crippen LogP contribution < -0.4 is 0 Å². The van der Waals surface area contributed by atoms with Crippen molar-refractivity contribution >= 4 is 5.91 Å². The van der Waals surface area contributed by atoms with Crippen molar-refractivity contribution in [3.8, 4) is 5.75 Å². The Hall–Kier alpha value is -1.51. The molecule has 0 radical (unpaired) electrons. The van der Waals surface area contributed by atoms with E-state index >= 15 is 0 Å². The predicted octanol–water partition coefficient (Wildman–Crippen LogP) is 2.96. The monoisotopic (exact) mass is 247 g/mol. The number of aryl methyl sites for hydroxylation is 1. The summed E-state index contributed by atoms with van der Waals surface area (Å²) in [5.74, 6) is 0.691. The van der Waals surface area contributed by atoms with Crippen LogP contribution in [0.3, 0.4) is 0 Å². The van der Waals surface area contributed by atoms with Gasteiger partial charge in [0, 0.05) is 13.1 Å². The van der Waals surface area contributed by atoms with Crippen molar-refractivity contribution in [2.45, 2.75) is 33.1 Å². The highest BCUT2D eigenvalue weighted by Gasteiger charge is 2.27. The molecule has 1 atom stereocenters. The van der Waals surface area contributed by atoms with E-state index in [1.165, 1.54) is 12.8 Å². The van der Waals surface area contributed by atoms with Crippen LogP contribution in [0.5, 0.6) is 5.75 Å². The fourth-order valence-corrected chi connectivity index (χ4v) is 2.65. The summed E-state index contributed by atoms with van der Waals surface area (Å²) in [6.07, 6.45) is 3.44. The van der Waals surface area contributed by atoms with Crippen LogP contribution in [-0.4, -0.2) is 29.0 Å². The molecule has 1 aliphatic rings. The summed E-state index contributed by atoms with van der Waals surface area (Å²) in [4.78, 5) is 14.2. The van der Waals surface area contributed by atoms with Crippen LogP contribution >= 0.6 is 0 Å². The minimum absolute atomic E-state index is 0.0360. The molecule has 1 N–H and O–H groups in total. The number of hydrogen-bond donors (Lipinski definition) is 1. The number of benzene rings is 1. The lowest BCUT2D eigenvalue weighted by Gasteiger charge is -2.17. The average molecular weight is 247 g/mol. The van der Waals surface area contributed by atoms with Gasteiger partial charge in [0.05, 0.1) is 5.56 Å². The second-order valence-electron chi connectivity index (χ2n) is 5.22. The van der Waals surface area contributed by atoms with Crippen LogP contribution in [0.2, 0.25) is 0 Å². The van der Waals surface area contributed by atoms with Crippen LogP contribution in [-0.2, 0) is 0 Å². The van der Waals surface area contributed by atoms with E-state index in [2.05, 4.69) is 6.92 Å². The van der Waals surface area contributed by atoms with Gasteiger partial charge in [-0.3, -0.25) is 4.79 Å². The Balaban J connectivity index is 2.08. The van der Waals surface area contributed by atoms with Gasteiger partial charge in [0.15, 0.2) is 0 Å². The zero-order chi connectivity index (χ0) is 13.1. The lowest BCUT2D eigenvalue weighted by Crippen LogP contribution is -2.28. The number of carbonyl (C=O) groups is 1. The number of rotatable bonds is 3. The normalized spacial score (nSPS) is 19.2. The van der Waals surface area contributed by atoms with Crippen molar-refractivity contribution in [3.05, 3.63) is 29.3 Å². The zero-order valence-electron chi connectivity index (χ0n) is 11.1. The fourth-order valence-electron chi connectivity index (χ4n) is 2.65. The summed E-state index contributed by atoms with van der Waals surface area (Å²) in [7, 11) is 0. The van der Waals surface area contributed by atoms with E-state index in [9.17, 15) is 9.90 Å². The van der Waals surface area contributed by atoms with E-state index in [1.807, 2.05) is 17.9 Å². The molecule has 0 aromatic heterocycles. The topological polar surface area (TPSA) is 40.5 Å². The summed E-state index contributed by atoms with van der Waals surface area (Å²) in [5, 5.41) is 9.84. The SMILES string of the molecule is CCCC1CCN(C(=O)c2ccc(C)cc2O)C1. The molecule has 1 aliphatic heterocycles. The van der Waals surface area contributed by atoms with Gasteiger partial charge in [-0.1, -0.05) is 19.4 Å². The minimum atomic E-state index is -0.0360. The van der Waals surface area contributed by atoms with Gasteiger partial charge in [0.2, 0.25) is 0 Å². The maximum Gasteiger partial charge on any atom is 0.257 e. The van der Waals surface area contributed by atoms with Crippen molar-refractivity contribution < 1.29 is 9.90 Å². The molecular formula is C15H21NO2. The number of nitrogens with zero attached hydrogens (tertiary/aromatic N) is 1. The highest BCUT2D eigenvalue weighted by molar-refractivity contribution is 5.97. The predicted molar refractivity (Wildman–Crippen MR) is 71.8 cm³/mol.